The molecule has 2 amide bonds. The molecule has 1 aliphatic rings. The number of rotatable bonds is 6. The maximum atomic E-state index is 12.7. The van der Waals surface area contributed by atoms with E-state index in [1.54, 1.807) is 12.1 Å². The molecule has 0 saturated carbocycles. The summed E-state index contributed by atoms with van der Waals surface area (Å²) in [6.45, 7) is 2.70. The first-order chi connectivity index (χ1) is 13.7. The summed E-state index contributed by atoms with van der Waals surface area (Å²) >= 11 is 1.31. The van der Waals surface area contributed by atoms with Gasteiger partial charge in [0.2, 0.25) is 0 Å². The van der Waals surface area contributed by atoms with Crippen LogP contribution >= 0.6 is 11.3 Å². The molecular weight excluding hydrogens is 370 g/mol. The maximum absolute atomic E-state index is 12.7. The van der Waals surface area contributed by atoms with Crippen LogP contribution in [0.25, 0.3) is 11.6 Å². The number of benzene rings is 1. The minimum absolute atomic E-state index is 0.109. The van der Waals surface area contributed by atoms with Crippen LogP contribution in [0.15, 0.2) is 54.7 Å². The third kappa shape index (κ3) is 3.64. The Kier molecular flexibility index (Phi) is 5.12. The normalized spacial score (nSPS) is 15.3. The van der Waals surface area contributed by atoms with Gasteiger partial charge in [-0.2, -0.15) is 0 Å². The van der Waals surface area contributed by atoms with E-state index >= 15 is 0 Å². The van der Waals surface area contributed by atoms with E-state index in [0.717, 1.165) is 22.7 Å². The molecule has 1 atom stereocenters. The molecule has 0 bridgehead atoms. The van der Waals surface area contributed by atoms with Gasteiger partial charge in [0, 0.05) is 29.9 Å². The van der Waals surface area contributed by atoms with E-state index in [2.05, 4.69) is 34.7 Å². The number of aromatic nitrogens is 1. The van der Waals surface area contributed by atoms with Crippen molar-refractivity contribution in [3.8, 4) is 0 Å². The highest BCUT2D eigenvalue weighted by molar-refractivity contribution is 7.18. The molecule has 0 radical (unpaired) electrons. The van der Waals surface area contributed by atoms with Crippen LogP contribution in [0.5, 0.6) is 0 Å². The van der Waals surface area contributed by atoms with E-state index < -0.39 is 0 Å². The average Bonchev–Trinajstić information content (AvgIpc) is 3.42. The number of fused-ring (bicyclic) bond motifs is 1. The van der Waals surface area contributed by atoms with Crippen LogP contribution in [0, 0.1) is 0 Å². The number of hydrogen-bond donors (Lipinski definition) is 3. The second kappa shape index (κ2) is 7.86. The highest BCUT2D eigenvalue weighted by Crippen LogP contribution is 2.39. The smallest absolute Gasteiger partial charge is 0.261 e. The predicted molar refractivity (Wildman–Crippen MR) is 113 cm³/mol. The SMILES string of the molecule is CCC(CNC(=O)c1cc2c(s1)NC(=O)/C2=C\c1ccc[nH]1)c1ccccc1. The predicted octanol–water partition coefficient (Wildman–Crippen LogP) is 4.49. The van der Waals surface area contributed by atoms with Gasteiger partial charge in [-0.05, 0) is 36.3 Å². The third-order valence-electron chi connectivity index (χ3n) is 4.91. The lowest BCUT2D eigenvalue weighted by atomic mass is 9.96. The van der Waals surface area contributed by atoms with Gasteiger partial charge in [-0.3, -0.25) is 9.59 Å². The molecule has 0 spiro atoms. The van der Waals surface area contributed by atoms with Crippen LogP contribution < -0.4 is 10.6 Å². The van der Waals surface area contributed by atoms with Gasteiger partial charge in [0.15, 0.2) is 0 Å². The molecule has 6 heteroatoms. The molecule has 3 aromatic rings. The fourth-order valence-corrected chi connectivity index (χ4v) is 4.33. The van der Waals surface area contributed by atoms with Gasteiger partial charge < -0.3 is 15.6 Å². The highest BCUT2D eigenvalue weighted by Gasteiger charge is 2.28. The Morgan fingerprint density at radius 1 is 1.21 bits per heavy atom. The molecule has 1 aromatic carbocycles. The number of thiophene rings is 1. The molecule has 0 saturated heterocycles. The van der Waals surface area contributed by atoms with Gasteiger partial charge in [-0.25, -0.2) is 0 Å². The standard InChI is InChI=1S/C22H21N3O2S/c1-2-14(15-7-4-3-5-8-15)13-24-21(27)19-12-18-17(11-16-9-6-10-23-16)20(26)25-22(18)28-19/h3-12,14,23H,2,13H2,1H3,(H,24,27)(H,25,26)/b17-11-. The van der Waals surface area contributed by atoms with Gasteiger partial charge in [-0.15, -0.1) is 11.3 Å². The lowest BCUT2D eigenvalue weighted by Gasteiger charge is -2.15. The van der Waals surface area contributed by atoms with Crippen LogP contribution in [0.2, 0.25) is 0 Å². The monoisotopic (exact) mass is 391 g/mol. The zero-order valence-corrected chi connectivity index (χ0v) is 16.3. The van der Waals surface area contributed by atoms with E-state index in [1.807, 2.05) is 36.5 Å². The molecule has 4 rings (SSSR count). The Morgan fingerprint density at radius 2 is 2.04 bits per heavy atom. The van der Waals surface area contributed by atoms with Crippen molar-refractivity contribution >= 4 is 39.8 Å². The summed E-state index contributed by atoms with van der Waals surface area (Å²) in [6, 6.07) is 15.8. The van der Waals surface area contributed by atoms with Gasteiger partial charge in [0.05, 0.1) is 10.5 Å². The molecule has 3 heterocycles. The second-order valence-electron chi connectivity index (χ2n) is 6.72. The van der Waals surface area contributed by atoms with E-state index in [0.29, 0.717) is 17.0 Å². The molecule has 1 unspecified atom stereocenters. The number of nitrogens with one attached hydrogen (secondary N) is 3. The van der Waals surface area contributed by atoms with Crippen LogP contribution in [0.4, 0.5) is 5.00 Å². The summed E-state index contributed by atoms with van der Waals surface area (Å²) in [6.07, 6.45) is 4.56. The molecular formula is C22H21N3O2S. The first-order valence-corrected chi connectivity index (χ1v) is 10.1. The van der Waals surface area contributed by atoms with Crippen molar-refractivity contribution < 1.29 is 9.59 Å². The zero-order chi connectivity index (χ0) is 19.5. The summed E-state index contributed by atoms with van der Waals surface area (Å²) in [4.78, 5) is 28.6. The zero-order valence-electron chi connectivity index (χ0n) is 15.5. The summed E-state index contributed by atoms with van der Waals surface area (Å²) in [5.74, 6) is 0.0279. The number of carbonyl (C=O) groups is 2. The van der Waals surface area contributed by atoms with Crippen LogP contribution in [0.1, 0.15) is 45.8 Å². The lowest BCUT2D eigenvalue weighted by molar-refractivity contribution is -0.110. The Bertz CT molecular complexity index is 1020. The van der Waals surface area contributed by atoms with Crippen LogP contribution in [0.3, 0.4) is 0 Å². The average molecular weight is 391 g/mol. The first-order valence-electron chi connectivity index (χ1n) is 9.29. The molecule has 2 aromatic heterocycles. The van der Waals surface area contributed by atoms with Gasteiger partial charge in [-0.1, -0.05) is 37.3 Å². The molecule has 1 aliphatic heterocycles. The number of H-pyrrole nitrogens is 1. The van der Waals surface area contributed by atoms with Crippen molar-refractivity contribution in [2.45, 2.75) is 19.3 Å². The number of hydrogen-bond acceptors (Lipinski definition) is 3. The maximum Gasteiger partial charge on any atom is 0.261 e. The van der Waals surface area contributed by atoms with E-state index in [-0.39, 0.29) is 17.7 Å². The molecule has 28 heavy (non-hydrogen) atoms. The number of anilines is 1. The van der Waals surface area contributed by atoms with Crippen molar-refractivity contribution in [1.82, 2.24) is 10.3 Å². The van der Waals surface area contributed by atoms with Crippen molar-refractivity contribution in [2.75, 3.05) is 11.9 Å². The molecule has 3 N–H and O–H groups in total. The minimum atomic E-state index is -0.141. The lowest BCUT2D eigenvalue weighted by Crippen LogP contribution is -2.27. The Hall–Kier alpha value is -3.12. The summed E-state index contributed by atoms with van der Waals surface area (Å²) in [7, 11) is 0. The quantitative estimate of drug-likeness (QED) is 0.542. The topological polar surface area (TPSA) is 74.0 Å². The van der Waals surface area contributed by atoms with Crippen LogP contribution in [-0.4, -0.2) is 23.3 Å². The fourth-order valence-electron chi connectivity index (χ4n) is 3.35. The summed E-state index contributed by atoms with van der Waals surface area (Å²) in [5.41, 5.74) is 3.43. The van der Waals surface area contributed by atoms with E-state index in [9.17, 15) is 9.59 Å². The fraction of sp³-hybridized carbons (Fsp3) is 0.182. The number of aromatic amines is 1. The molecule has 0 fully saturated rings. The van der Waals surface area contributed by atoms with Crippen molar-refractivity contribution in [3.05, 3.63) is 76.4 Å². The van der Waals surface area contributed by atoms with Crippen molar-refractivity contribution in [2.24, 2.45) is 0 Å². The molecule has 5 nitrogen and oxygen atoms in total. The summed E-state index contributed by atoms with van der Waals surface area (Å²) in [5, 5.41) is 6.62. The Morgan fingerprint density at radius 3 is 2.75 bits per heavy atom. The summed E-state index contributed by atoms with van der Waals surface area (Å²) < 4.78 is 0. The molecule has 0 aliphatic carbocycles. The number of carbonyl (C=O) groups excluding carboxylic acids is 2. The van der Waals surface area contributed by atoms with Gasteiger partial charge in [0.25, 0.3) is 11.8 Å². The largest absolute Gasteiger partial charge is 0.362 e. The van der Waals surface area contributed by atoms with Crippen molar-refractivity contribution in [1.29, 1.82) is 0 Å². The van der Waals surface area contributed by atoms with Gasteiger partial charge >= 0.3 is 0 Å². The Labute approximate surface area is 167 Å². The number of amides is 2. The highest BCUT2D eigenvalue weighted by atomic mass is 32.1. The second-order valence-corrected chi connectivity index (χ2v) is 7.77. The Balaban J connectivity index is 1.48. The third-order valence-corrected chi connectivity index (χ3v) is 5.96. The van der Waals surface area contributed by atoms with E-state index in [4.69, 9.17) is 0 Å². The van der Waals surface area contributed by atoms with Gasteiger partial charge in [0.1, 0.15) is 5.00 Å². The minimum Gasteiger partial charge on any atom is -0.362 e. The molecule has 142 valence electrons. The first kappa shape index (κ1) is 18.3. The van der Waals surface area contributed by atoms with Crippen LogP contribution in [-0.2, 0) is 4.79 Å². The van der Waals surface area contributed by atoms with Crippen molar-refractivity contribution in [3.63, 3.8) is 0 Å². The van der Waals surface area contributed by atoms with E-state index in [1.165, 1.54) is 16.9 Å².